The van der Waals surface area contributed by atoms with E-state index < -0.39 is 0 Å². The van der Waals surface area contributed by atoms with Crippen molar-refractivity contribution in [2.45, 2.75) is 99.7 Å². The van der Waals surface area contributed by atoms with Gasteiger partial charge in [0.25, 0.3) is 0 Å². The third-order valence-electron chi connectivity index (χ3n) is 13.3. The van der Waals surface area contributed by atoms with Gasteiger partial charge in [-0.25, -0.2) is 43.9 Å². The van der Waals surface area contributed by atoms with Gasteiger partial charge < -0.3 is 44.0 Å². The number of hydrogen-bond acceptors (Lipinski definition) is 21. The summed E-state index contributed by atoms with van der Waals surface area (Å²) in [5.74, 6) is 6.44. The van der Waals surface area contributed by atoms with Crippen LogP contribution < -0.4 is 29.7 Å². The van der Waals surface area contributed by atoms with Gasteiger partial charge in [0.1, 0.15) is 34.7 Å². The third-order valence-corrected chi connectivity index (χ3v) is 13.3. The van der Waals surface area contributed by atoms with Gasteiger partial charge in [-0.05, 0) is 132 Å². The van der Waals surface area contributed by atoms with Gasteiger partial charge in [-0.15, -0.1) is 15.3 Å². The van der Waals surface area contributed by atoms with Crippen LogP contribution >= 0.6 is 0 Å². The largest absolute Gasteiger partial charge is 0.497 e. The van der Waals surface area contributed by atoms with Crippen molar-refractivity contribution in [3.05, 3.63) is 88.8 Å². The van der Waals surface area contributed by atoms with E-state index in [9.17, 15) is 0 Å². The molecule has 0 fully saturated rings. The second kappa shape index (κ2) is 26.9. The number of aryl methyl sites for hydroxylation is 6. The minimum absolute atomic E-state index is 0.0786. The lowest BCUT2D eigenvalue weighted by atomic mass is 10.1. The Morgan fingerprint density at radius 2 is 0.810 bits per heavy atom. The first-order chi connectivity index (χ1) is 38.1. The zero-order valence-corrected chi connectivity index (χ0v) is 48.3. The molecule has 24 nitrogen and oxygen atoms in total. The van der Waals surface area contributed by atoms with E-state index in [1.807, 2.05) is 122 Å². The van der Waals surface area contributed by atoms with Gasteiger partial charge in [0.2, 0.25) is 0 Å². The van der Waals surface area contributed by atoms with Crippen LogP contribution in [0, 0.1) is 41.5 Å². The van der Waals surface area contributed by atoms with Crippen LogP contribution in [0.2, 0.25) is 0 Å². The van der Waals surface area contributed by atoms with Crippen molar-refractivity contribution in [1.82, 2.24) is 74.9 Å². The highest BCUT2D eigenvalue weighted by Gasteiger charge is 2.24. The monoisotopic (exact) mass is 1080 g/mol. The second-order valence-electron chi connectivity index (χ2n) is 18.8. The van der Waals surface area contributed by atoms with Gasteiger partial charge in [-0.1, -0.05) is 36.4 Å². The van der Waals surface area contributed by atoms with Crippen molar-refractivity contribution in [1.29, 1.82) is 0 Å². The molecule has 0 saturated heterocycles. The molecule has 0 radical (unpaired) electrons. The summed E-state index contributed by atoms with van der Waals surface area (Å²) in [6.07, 6.45) is 2.61. The molecule has 0 bridgehead atoms. The molecule has 3 aromatic carbocycles. The number of hydrogen-bond donors (Lipinski definition) is 2. The van der Waals surface area contributed by atoms with Crippen LogP contribution in [-0.4, -0.2) is 144 Å². The van der Waals surface area contributed by atoms with Crippen LogP contribution in [0.15, 0.2) is 54.6 Å². The molecule has 9 rings (SSSR count). The molecule has 420 valence electrons. The topological polar surface area (TPSA) is 252 Å². The number of anilines is 6. The first-order valence-electron chi connectivity index (χ1n) is 26.1. The number of nitrogens with one attached hydrogen (secondary N) is 2. The number of aromatic nitrogens is 15. The summed E-state index contributed by atoms with van der Waals surface area (Å²) in [4.78, 5) is 29.4. The lowest BCUT2D eigenvalue weighted by molar-refractivity contribution is 0.148. The second-order valence-corrected chi connectivity index (χ2v) is 18.8. The van der Waals surface area contributed by atoms with Gasteiger partial charge >= 0.3 is 0 Å². The zero-order chi connectivity index (χ0) is 56.9. The Balaban J connectivity index is 0.000000172. The Kier molecular flexibility index (Phi) is 19.9. The van der Waals surface area contributed by atoms with Crippen molar-refractivity contribution in [2.75, 3.05) is 85.1 Å². The third kappa shape index (κ3) is 13.4. The molecular weight excluding hydrogens is 1010 g/mol. The van der Waals surface area contributed by atoms with E-state index in [0.717, 1.165) is 81.7 Å². The molecule has 0 spiro atoms. The number of ether oxygens (including phenoxy) is 6. The molecule has 3 atom stereocenters. The minimum Gasteiger partial charge on any atom is -0.497 e. The predicted molar refractivity (Wildman–Crippen MR) is 305 cm³/mol. The first kappa shape index (κ1) is 58.5. The molecule has 24 heteroatoms. The highest BCUT2D eigenvalue weighted by Crippen LogP contribution is 2.34. The molecule has 6 aromatic heterocycles. The Hall–Kier alpha value is -8.22. The van der Waals surface area contributed by atoms with Gasteiger partial charge in [0, 0.05) is 45.4 Å². The number of nitrogens with zero attached hydrogens (tertiary/aromatic N) is 16. The molecule has 2 N–H and O–H groups in total. The maximum Gasteiger partial charge on any atom is 0.184 e. The Bertz CT molecular complexity index is 3320. The van der Waals surface area contributed by atoms with Crippen molar-refractivity contribution in [3.63, 3.8) is 0 Å². The molecule has 79 heavy (non-hydrogen) atoms. The summed E-state index contributed by atoms with van der Waals surface area (Å²) in [5.41, 5.74) is 10.2. The summed E-state index contributed by atoms with van der Waals surface area (Å²) in [6, 6.07) is 17.9. The highest BCUT2D eigenvalue weighted by molar-refractivity contribution is 5.87. The Morgan fingerprint density at radius 1 is 0.456 bits per heavy atom. The van der Waals surface area contributed by atoms with Crippen molar-refractivity contribution >= 4 is 68.0 Å². The normalized spacial score (nSPS) is 12.4. The number of methoxy groups -OCH3 is 6. The van der Waals surface area contributed by atoms with Crippen molar-refractivity contribution in [2.24, 2.45) is 0 Å². The fourth-order valence-electron chi connectivity index (χ4n) is 8.91. The maximum atomic E-state index is 5.33. The van der Waals surface area contributed by atoms with Gasteiger partial charge in [0.15, 0.2) is 50.9 Å². The molecule has 3 unspecified atom stereocenters. The fraction of sp³-hybridized carbons (Fsp3) is 0.455. The van der Waals surface area contributed by atoms with Crippen LogP contribution in [0.4, 0.5) is 34.5 Å². The molecule has 9 aromatic rings. The SMILES string of the molecule is CCC(COC)n1nnc2c(N(C)c3ccc(OC)cc3C)nc(C)nc21.CCC(COC)n1nnc2c(Nc3ccc(OC)cc3C)nc(C)nc21.CCC(COC)n1nnc2c(Nc3ccc(OC)cc3C)nc(C)nc21. The fourth-order valence-corrected chi connectivity index (χ4v) is 8.91. The van der Waals surface area contributed by atoms with E-state index >= 15 is 0 Å². The average Bonchev–Trinajstić information content (AvgIpc) is 4.34. The van der Waals surface area contributed by atoms with E-state index in [1.165, 1.54) is 0 Å². The average molecular weight is 1080 g/mol. The summed E-state index contributed by atoms with van der Waals surface area (Å²) in [7, 11) is 12.0. The molecule has 6 heterocycles. The Morgan fingerprint density at radius 3 is 1.16 bits per heavy atom. The number of rotatable bonds is 21. The van der Waals surface area contributed by atoms with E-state index in [1.54, 1.807) is 42.7 Å². The van der Waals surface area contributed by atoms with Crippen LogP contribution in [0.1, 0.15) is 92.3 Å². The smallest absolute Gasteiger partial charge is 0.184 e. The standard InChI is InChI=1S/C19H26N6O2.2C18H24N6O2/c1-7-14(11-26-5)25-19-17(22-23-25)18(20-13(3)21-19)24(4)16-9-8-15(27-6)10-12(16)2;2*1-6-13(10-25-4)24-18-16(22-23-24)17(19-12(3)20-18)21-15-8-7-14(26-5)9-11(15)2/h8-10,14H,7,11H2,1-6H3;2*7-9,13H,6,10H2,1-5H3,(H,19,20,21). The molecular formula is C55H74N18O6. The van der Waals surface area contributed by atoms with E-state index in [4.69, 9.17) is 28.4 Å². The molecule has 0 amide bonds. The summed E-state index contributed by atoms with van der Waals surface area (Å²) < 4.78 is 37.2. The minimum atomic E-state index is 0.0786. The molecule has 0 saturated carbocycles. The van der Waals surface area contributed by atoms with Crippen LogP contribution in [0.5, 0.6) is 17.2 Å². The first-order valence-corrected chi connectivity index (χ1v) is 26.1. The summed E-state index contributed by atoms with van der Waals surface area (Å²) in [5, 5.41) is 32.7. The van der Waals surface area contributed by atoms with Gasteiger partial charge in [-0.3, -0.25) is 0 Å². The predicted octanol–water partition coefficient (Wildman–Crippen LogP) is 9.59. The number of fused-ring (bicyclic) bond motifs is 3. The molecule has 0 aliphatic rings. The van der Waals surface area contributed by atoms with Crippen LogP contribution in [0.25, 0.3) is 33.5 Å². The van der Waals surface area contributed by atoms with E-state index in [2.05, 4.69) is 92.2 Å². The quantitative estimate of drug-likeness (QED) is 0.0679. The zero-order valence-electron chi connectivity index (χ0n) is 48.3. The Labute approximate surface area is 460 Å². The highest BCUT2D eigenvalue weighted by atomic mass is 16.5. The van der Waals surface area contributed by atoms with E-state index in [-0.39, 0.29) is 18.1 Å². The van der Waals surface area contributed by atoms with Gasteiger partial charge in [0.05, 0.1) is 59.3 Å². The lowest BCUT2D eigenvalue weighted by Gasteiger charge is -2.21. The molecule has 0 aliphatic carbocycles. The lowest BCUT2D eigenvalue weighted by Crippen LogP contribution is -2.17. The van der Waals surface area contributed by atoms with Gasteiger partial charge in [-0.2, -0.15) is 0 Å². The number of benzene rings is 3. The molecule has 0 aliphatic heterocycles. The maximum absolute atomic E-state index is 5.33. The van der Waals surface area contributed by atoms with Crippen molar-refractivity contribution < 1.29 is 28.4 Å². The van der Waals surface area contributed by atoms with Crippen molar-refractivity contribution in [3.8, 4) is 17.2 Å². The van der Waals surface area contributed by atoms with Crippen LogP contribution in [-0.2, 0) is 14.2 Å². The van der Waals surface area contributed by atoms with E-state index in [0.29, 0.717) is 76.8 Å². The summed E-state index contributed by atoms with van der Waals surface area (Å²) in [6.45, 7) is 19.6. The summed E-state index contributed by atoms with van der Waals surface area (Å²) >= 11 is 0. The van der Waals surface area contributed by atoms with Crippen LogP contribution in [0.3, 0.4) is 0 Å².